The monoisotopic (exact) mass is 304 g/mol. The van der Waals surface area contributed by atoms with Gasteiger partial charge in [-0.15, -0.1) is 0 Å². The number of nitrogens with two attached hydrogens (primary N) is 1. The highest BCUT2D eigenvalue weighted by atomic mass is 32.2. The van der Waals surface area contributed by atoms with Gasteiger partial charge < -0.3 is 5.73 Å². The van der Waals surface area contributed by atoms with E-state index in [1.807, 2.05) is 49.4 Å². The van der Waals surface area contributed by atoms with E-state index >= 15 is 0 Å². The minimum Gasteiger partial charge on any atom is -0.326 e. The van der Waals surface area contributed by atoms with Gasteiger partial charge >= 0.3 is 0 Å². The van der Waals surface area contributed by atoms with Crippen molar-refractivity contribution in [1.29, 1.82) is 0 Å². The first-order chi connectivity index (χ1) is 10.00. The van der Waals surface area contributed by atoms with Crippen molar-refractivity contribution in [1.82, 2.24) is 4.72 Å². The van der Waals surface area contributed by atoms with Crippen LogP contribution in [0.15, 0.2) is 48.5 Å². The van der Waals surface area contributed by atoms with Gasteiger partial charge in [0.1, 0.15) is 0 Å². The summed E-state index contributed by atoms with van der Waals surface area (Å²) in [5.74, 6) is -0.0350. The van der Waals surface area contributed by atoms with Crippen molar-refractivity contribution in [2.45, 2.75) is 25.8 Å². The molecule has 0 unspecified atom stereocenters. The molecule has 0 spiro atoms. The van der Waals surface area contributed by atoms with E-state index in [0.29, 0.717) is 13.1 Å². The zero-order chi connectivity index (χ0) is 15.3. The molecule has 0 saturated carbocycles. The molecule has 0 fully saturated rings. The first-order valence-corrected chi connectivity index (χ1v) is 8.45. The van der Waals surface area contributed by atoms with E-state index in [2.05, 4.69) is 4.72 Å². The quantitative estimate of drug-likeness (QED) is 0.858. The van der Waals surface area contributed by atoms with Gasteiger partial charge in [0.25, 0.3) is 0 Å². The van der Waals surface area contributed by atoms with Crippen molar-refractivity contribution >= 4 is 10.0 Å². The maximum Gasteiger partial charge on any atom is 0.216 e. The number of hydrogen-bond acceptors (Lipinski definition) is 3. The predicted molar refractivity (Wildman–Crippen MR) is 85.0 cm³/mol. The Balaban J connectivity index is 2.03. The van der Waals surface area contributed by atoms with Crippen LogP contribution in [0.3, 0.4) is 0 Å². The fraction of sp³-hybridized carbons (Fsp3) is 0.250. The fourth-order valence-electron chi connectivity index (χ4n) is 2.11. The molecule has 0 amide bonds. The second-order valence-electron chi connectivity index (χ2n) is 5.03. The van der Waals surface area contributed by atoms with E-state index < -0.39 is 10.0 Å². The SMILES string of the molecule is Cc1ccccc1CNS(=O)(=O)Cc1cccc(CN)c1. The van der Waals surface area contributed by atoms with Crippen LogP contribution < -0.4 is 10.5 Å². The Morgan fingerprint density at radius 3 is 2.48 bits per heavy atom. The van der Waals surface area contributed by atoms with E-state index in [9.17, 15) is 8.42 Å². The second-order valence-corrected chi connectivity index (χ2v) is 6.84. The Morgan fingerprint density at radius 1 is 1.05 bits per heavy atom. The Bertz CT molecular complexity index is 712. The normalized spacial score (nSPS) is 11.5. The van der Waals surface area contributed by atoms with Crippen LogP contribution in [0.5, 0.6) is 0 Å². The number of hydrogen-bond donors (Lipinski definition) is 2. The number of sulfonamides is 1. The molecule has 0 heterocycles. The number of aryl methyl sites for hydroxylation is 1. The van der Waals surface area contributed by atoms with Crippen LogP contribution in [0.1, 0.15) is 22.3 Å². The highest BCUT2D eigenvalue weighted by Crippen LogP contribution is 2.10. The third kappa shape index (κ3) is 4.67. The smallest absolute Gasteiger partial charge is 0.216 e. The second kappa shape index (κ2) is 6.85. The van der Waals surface area contributed by atoms with Crippen LogP contribution in [0, 0.1) is 6.92 Å². The summed E-state index contributed by atoms with van der Waals surface area (Å²) in [5, 5.41) is 0. The summed E-state index contributed by atoms with van der Waals surface area (Å²) in [6.07, 6.45) is 0. The van der Waals surface area contributed by atoms with E-state index in [0.717, 1.165) is 22.3 Å². The Hall–Kier alpha value is -1.69. The van der Waals surface area contributed by atoms with Crippen LogP contribution in [0.25, 0.3) is 0 Å². The highest BCUT2D eigenvalue weighted by molar-refractivity contribution is 7.88. The number of benzene rings is 2. The van der Waals surface area contributed by atoms with Crippen molar-refractivity contribution in [2.75, 3.05) is 0 Å². The topological polar surface area (TPSA) is 72.2 Å². The number of nitrogens with one attached hydrogen (secondary N) is 1. The average Bonchev–Trinajstić information content (AvgIpc) is 2.46. The minimum absolute atomic E-state index is 0.0350. The van der Waals surface area contributed by atoms with Crippen molar-refractivity contribution in [3.63, 3.8) is 0 Å². The lowest BCUT2D eigenvalue weighted by Crippen LogP contribution is -2.25. The summed E-state index contributed by atoms with van der Waals surface area (Å²) < 4.78 is 26.9. The van der Waals surface area contributed by atoms with Crippen LogP contribution in [0.4, 0.5) is 0 Å². The van der Waals surface area contributed by atoms with Crippen LogP contribution >= 0.6 is 0 Å². The summed E-state index contributed by atoms with van der Waals surface area (Å²) in [6.45, 7) is 2.68. The van der Waals surface area contributed by atoms with Gasteiger partial charge in [-0.25, -0.2) is 13.1 Å². The molecule has 2 aromatic carbocycles. The lowest BCUT2D eigenvalue weighted by molar-refractivity contribution is 0.580. The summed E-state index contributed by atoms with van der Waals surface area (Å²) >= 11 is 0. The van der Waals surface area contributed by atoms with Crippen LogP contribution in [-0.2, 0) is 28.9 Å². The lowest BCUT2D eigenvalue weighted by atomic mass is 10.1. The third-order valence-electron chi connectivity index (χ3n) is 3.33. The number of rotatable bonds is 6. The Kier molecular flexibility index (Phi) is 5.12. The molecule has 0 aliphatic heterocycles. The predicted octanol–water partition coefficient (Wildman–Crippen LogP) is 2.07. The maximum absolute atomic E-state index is 12.1. The molecule has 0 saturated heterocycles. The molecule has 0 radical (unpaired) electrons. The molecular formula is C16H20N2O2S. The third-order valence-corrected chi connectivity index (χ3v) is 4.63. The Labute approximate surface area is 126 Å². The largest absolute Gasteiger partial charge is 0.326 e. The van der Waals surface area contributed by atoms with Crippen LogP contribution in [-0.4, -0.2) is 8.42 Å². The zero-order valence-electron chi connectivity index (χ0n) is 12.0. The van der Waals surface area contributed by atoms with Crippen molar-refractivity contribution < 1.29 is 8.42 Å². The van der Waals surface area contributed by atoms with Crippen molar-refractivity contribution in [3.8, 4) is 0 Å². The molecule has 0 aromatic heterocycles. The van der Waals surface area contributed by atoms with E-state index in [-0.39, 0.29) is 5.75 Å². The molecule has 0 bridgehead atoms. The van der Waals surface area contributed by atoms with Gasteiger partial charge in [0.15, 0.2) is 0 Å². The molecule has 5 heteroatoms. The molecule has 4 nitrogen and oxygen atoms in total. The van der Waals surface area contributed by atoms with Gasteiger partial charge in [-0.05, 0) is 29.2 Å². The fourth-order valence-corrected chi connectivity index (χ4v) is 3.21. The van der Waals surface area contributed by atoms with Gasteiger partial charge in [0, 0.05) is 13.1 Å². The van der Waals surface area contributed by atoms with Gasteiger partial charge in [-0.1, -0.05) is 48.5 Å². The zero-order valence-corrected chi connectivity index (χ0v) is 12.9. The van der Waals surface area contributed by atoms with Crippen molar-refractivity contribution in [2.24, 2.45) is 5.73 Å². The lowest BCUT2D eigenvalue weighted by Gasteiger charge is -2.09. The summed E-state index contributed by atoms with van der Waals surface area (Å²) in [7, 11) is -3.37. The average molecular weight is 304 g/mol. The highest BCUT2D eigenvalue weighted by Gasteiger charge is 2.12. The first kappa shape index (κ1) is 15.7. The van der Waals surface area contributed by atoms with E-state index in [1.54, 1.807) is 6.07 Å². The van der Waals surface area contributed by atoms with Gasteiger partial charge in [0.05, 0.1) is 5.75 Å². The maximum atomic E-state index is 12.1. The molecule has 0 aliphatic rings. The molecule has 21 heavy (non-hydrogen) atoms. The Morgan fingerprint density at radius 2 is 1.76 bits per heavy atom. The molecule has 2 rings (SSSR count). The molecular weight excluding hydrogens is 284 g/mol. The van der Waals surface area contributed by atoms with Gasteiger partial charge in [-0.3, -0.25) is 0 Å². The molecule has 3 N–H and O–H groups in total. The first-order valence-electron chi connectivity index (χ1n) is 6.80. The summed E-state index contributed by atoms with van der Waals surface area (Å²) in [6, 6.07) is 15.1. The molecule has 2 aromatic rings. The van der Waals surface area contributed by atoms with E-state index in [1.165, 1.54) is 0 Å². The van der Waals surface area contributed by atoms with Crippen molar-refractivity contribution in [3.05, 3.63) is 70.8 Å². The summed E-state index contributed by atoms with van der Waals surface area (Å²) in [4.78, 5) is 0. The summed E-state index contributed by atoms with van der Waals surface area (Å²) in [5.41, 5.74) is 9.30. The van der Waals surface area contributed by atoms with Gasteiger partial charge in [-0.2, -0.15) is 0 Å². The molecule has 112 valence electrons. The molecule has 0 atom stereocenters. The minimum atomic E-state index is -3.37. The van der Waals surface area contributed by atoms with Crippen LogP contribution in [0.2, 0.25) is 0 Å². The van der Waals surface area contributed by atoms with Gasteiger partial charge in [0.2, 0.25) is 10.0 Å². The molecule has 0 aliphatic carbocycles. The standard InChI is InChI=1S/C16H20N2O2S/c1-13-5-2-3-8-16(13)11-18-21(19,20)12-15-7-4-6-14(9-15)10-17/h2-9,18H,10-12,17H2,1H3. The van der Waals surface area contributed by atoms with E-state index in [4.69, 9.17) is 5.73 Å².